The minimum absolute atomic E-state index is 0.342. The molecule has 0 spiro atoms. The Bertz CT molecular complexity index is 492. The summed E-state index contributed by atoms with van der Waals surface area (Å²) in [6.45, 7) is 16.6. The summed E-state index contributed by atoms with van der Waals surface area (Å²) in [4.78, 5) is 13.1. The number of quaternary nitrogens is 1. The Labute approximate surface area is 169 Å². The fourth-order valence-electron chi connectivity index (χ4n) is 2.60. The molecule has 1 fully saturated rings. The average molecular weight is 378 g/mol. The lowest BCUT2D eigenvalue weighted by Gasteiger charge is -2.25. The summed E-state index contributed by atoms with van der Waals surface area (Å²) in [5, 5.41) is 0. The van der Waals surface area contributed by atoms with Gasteiger partial charge in [-0.15, -0.1) is 0 Å². The Kier molecular flexibility index (Phi) is 13.1. The number of amides is 1. The van der Waals surface area contributed by atoms with Crippen LogP contribution in [0, 0.1) is 0 Å². The minimum atomic E-state index is 0.342. The number of carbonyl (C=O) groups excluding carboxylic acids is 1. The fourth-order valence-corrected chi connectivity index (χ4v) is 2.60. The number of carbonyl (C=O) groups is 1. The second-order valence-corrected chi connectivity index (χ2v) is 8.24. The van der Waals surface area contributed by atoms with Crippen LogP contribution in [0.4, 0.5) is 0 Å². The Morgan fingerprint density at radius 3 is 1.85 bits per heavy atom. The first-order chi connectivity index (χ1) is 12.7. The van der Waals surface area contributed by atoms with Crippen molar-refractivity contribution in [1.29, 1.82) is 0 Å². The van der Waals surface area contributed by atoms with E-state index in [1.807, 2.05) is 4.90 Å². The molecule has 2 atom stereocenters. The molecule has 0 bridgehead atoms. The highest BCUT2D eigenvalue weighted by atomic mass is 16.2. The third-order valence-electron chi connectivity index (χ3n) is 5.93. The van der Waals surface area contributed by atoms with Gasteiger partial charge in [-0.1, -0.05) is 51.1 Å². The lowest BCUT2D eigenvalue weighted by Crippen LogP contribution is -2.38. The maximum Gasteiger partial charge on any atom is 0.222 e. The Balaban J connectivity index is 0.000000384. The van der Waals surface area contributed by atoms with Crippen molar-refractivity contribution < 1.29 is 9.28 Å². The molecule has 1 aliphatic rings. The van der Waals surface area contributed by atoms with E-state index in [0.717, 1.165) is 30.3 Å². The standard InChI is InChI=1S/C10H14.C8H15NO.C6H16N/c1-3-9(2)10-7-5-4-6-8-10;1-3-7(2)9-6-4-5-8(9)10;1-5-7(3,4)6-2/h4-9H,3H2,1-2H3;7H,3-6H2,1-2H3;5-6H2,1-4H3/q;;+1. The smallest absolute Gasteiger partial charge is 0.222 e. The maximum absolute atomic E-state index is 11.1. The van der Waals surface area contributed by atoms with Gasteiger partial charge in [0.25, 0.3) is 0 Å². The van der Waals surface area contributed by atoms with Gasteiger partial charge < -0.3 is 9.38 Å². The summed E-state index contributed by atoms with van der Waals surface area (Å²) >= 11 is 0. The van der Waals surface area contributed by atoms with E-state index in [9.17, 15) is 4.79 Å². The van der Waals surface area contributed by atoms with Crippen molar-refractivity contribution in [2.75, 3.05) is 33.7 Å². The molecule has 1 heterocycles. The summed E-state index contributed by atoms with van der Waals surface area (Å²) in [6.07, 6.45) is 4.13. The van der Waals surface area contributed by atoms with Gasteiger partial charge in [-0.2, -0.15) is 0 Å². The molecular weight excluding hydrogens is 332 g/mol. The second-order valence-electron chi connectivity index (χ2n) is 8.24. The van der Waals surface area contributed by atoms with Crippen molar-refractivity contribution in [3.63, 3.8) is 0 Å². The zero-order valence-electron chi connectivity index (χ0n) is 19.3. The van der Waals surface area contributed by atoms with Crippen LogP contribution in [0.1, 0.15) is 78.7 Å². The Morgan fingerprint density at radius 2 is 1.52 bits per heavy atom. The van der Waals surface area contributed by atoms with Crippen LogP contribution in [0.2, 0.25) is 0 Å². The molecule has 27 heavy (non-hydrogen) atoms. The van der Waals surface area contributed by atoms with Crippen molar-refractivity contribution in [2.24, 2.45) is 0 Å². The topological polar surface area (TPSA) is 20.3 Å². The summed E-state index contributed by atoms with van der Waals surface area (Å²) in [5.74, 6) is 1.05. The molecule has 2 rings (SSSR count). The summed E-state index contributed by atoms with van der Waals surface area (Å²) in [6, 6.07) is 11.1. The van der Waals surface area contributed by atoms with Crippen LogP contribution in [0.25, 0.3) is 0 Å². The van der Waals surface area contributed by atoms with E-state index in [0.29, 0.717) is 17.9 Å². The predicted molar refractivity (Wildman–Crippen MR) is 119 cm³/mol. The normalized spacial score (nSPS) is 16.0. The molecule has 0 aromatic heterocycles. The first-order valence-corrected chi connectivity index (χ1v) is 10.9. The zero-order chi connectivity index (χ0) is 20.9. The molecule has 1 amide bonds. The number of nitrogens with zero attached hydrogens (tertiary/aromatic N) is 2. The van der Waals surface area contributed by atoms with Crippen molar-refractivity contribution in [1.82, 2.24) is 4.90 Å². The molecule has 156 valence electrons. The van der Waals surface area contributed by atoms with Gasteiger partial charge in [0.2, 0.25) is 5.91 Å². The van der Waals surface area contributed by atoms with Crippen molar-refractivity contribution >= 4 is 5.91 Å². The Hall–Kier alpha value is -1.35. The van der Waals surface area contributed by atoms with E-state index in [2.05, 4.69) is 86.0 Å². The van der Waals surface area contributed by atoms with Crippen molar-refractivity contribution in [3.8, 4) is 0 Å². The van der Waals surface area contributed by atoms with Gasteiger partial charge in [-0.3, -0.25) is 4.79 Å². The first kappa shape index (κ1) is 25.6. The molecule has 1 saturated heterocycles. The van der Waals surface area contributed by atoms with Gasteiger partial charge in [0.15, 0.2) is 0 Å². The summed E-state index contributed by atoms with van der Waals surface area (Å²) in [5.41, 5.74) is 1.45. The molecule has 0 radical (unpaired) electrons. The van der Waals surface area contributed by atoms with Crippen LogP contribution in [0.5, 0.6) is 0 Å². The van der Waals surface area contributed by atoms with Crippen LogP contribution < -0.4 is 0 Å². The molecule has 0 N–H and O–H groups in total. The third-order valence-corrected chi connectivity index (χ3v) is 5.93. The minimum Gasteiger partial charge on any atom is -0.340 e. The van der Waals surface area contributed by atoms with E-state index in [1.165, 1.54) is 25.1 Å². The van der Waals surface area contributed by atoms with Crippen LogP contribution >= 0.6 is 0 Å². The van der Waals surface area contributed by atoms with Gasteiger partial charge in [0, 0.05) is 19.0 Å². The van der Waals surface area contributed by atoms with E-state index in [1.54, 1.807) is 0 Å². The maximum atomic E-state index is 11.1. The number of hydrogen-bond acceptors (Lipinski definition) is 1. The van der Waals surface area contributed by atoms with Crippen LogP contribution in [-0.2, 0) is 4.79 Å². The molecule has 0 saturated carbocycles. The summed E-state index contributed by atoms with van der Waals surface area (Å²) < 4.78 is 1.14. The van der Waals surface area contributed by atoms with Crippen LogP contribution in [0.3, 0.4) is 0 Å². The highest BCUT2D eigenvalue weighted by molar-refractivity contribution is 5.78. The monoisotopic (exact) mass is 377 g/mol. The molecule has 2 unspecified atom stereocenters. The molecule has 3 heteroatoms. The van der Waals surface area contributed by atoms with Gasteiger partial charge >= 0.3 is 0 Å². The van der Waals surface area contributed by atoms with Gasteiger partial charge in [0.1, 0.15) is 0 Å². The fraction of sp³-hybridized carbons (Fsp3) is 0.708. The van der Waals surface area contributed by atoms with Gasteiger partial charge in [0.05, 0.1) is 27.2 Å². The molecule has 1 aromatic rings. The number of benzene rings is 1. The molecular formula is C24H45N2O+. The van der Waals surface area contributed by atoms with Crippen molar-refractivity contribution in [3.05, 3.63) is 35.9 Å². The quantitative estimate of drug-likeness (QED) is 0.581. The molecule has 0 aliphatic carbocycles. The lowest BCUT2D eigenvalue weighted by atomic mass is 9.99. The molecule has 1 aliphatic heterocycles. The van der Waals surface area contributed by atoms with E-state index < -0.39 is 0 Å². The summed E-state index contributed by atoms with van der Waals surface area (Å²) in [7, 11) is 4.47. The highest BCUT2D eigenvalue weighted by Crippen LogP contribution is 2.17. The molecule has 1 aromatic carbocycles. The van der Waals surface area contributed by atoms with Crippen LogP contribution in [0.15, 0.2) is 30.3 Å². The average Bonchev–Trinajstić information content (AvgIpc) is 3.14. The largest absolute Gasteiger partial charge is 0.340 e. The van der Waals surface area contributed by atoms with Crippen molar-refractivity contribution in [2.45, 2.75) is 79.2 Å². The number of hydrogen-bond donors (Lipinski definition) is 0. The SMILES string of the molecule is CCC(C)N1CCCC1=O.CCC(C)c1ccccc1.CC[N+](C)(C)CC. The van der Waals surface area contributed by atoms with Gasteiger partial charge in [-0.05, 0) is 51.5 Å². The van der Waals surface area contributed by atoms with Crippen LogP contribution in [-0.4, -0.2) is 55.1 Å². The zero-order valence-corrected chi connectivity index (χ0v) is 19.3. The highest BCUT2D eigenvalue weighted by Gasteiger charge is 2.23. The number of rotatable bonds is 6. The second kappa shape index (κ2) is 13.8. The van der Waals surface area contributed by atoms with Gasteiger partial charge in [-0.25, -0.2) is 0 Å². The van der Waals surface area contributed by atoms with E-state index in [4.69, 9.17) is 0 Å². The van der Waals surface area contributed by atoms with E-state index >= 15 is 0 Å². The Morgan fingerprint density at radius 1 is 0.963 bits per heavy atom. The first-order valence-electron chi connectivity index (χ1n) is 10.9. The molecule has 3 nitrogen and oxygen atoms in total. The third kappa shape index (κ3) is 10.5. The predicted octanol–water partition coefficient (Wildman–Crippen LogP) is 5.71. The number of likely N-dealkylation sites (tertiary alicyclic amines) is 1. The lowest BCUT2D eigenvalue weighted by molar-refractivity contribution is -0.886. The van der Waals surface area contributed by atoms with E-state index in [-0.39, 0.29) is 0 Å².